The smallest absolute Gasteiger partial charge is 0.301 e. The number of Topliss-reactive ketones (excluding diaryl/α,β-unsaturated/α-hetero) is 1. The maximum atomic E-state index is 13.1. The zero-order chi connectivity index (χ0) is 21.7. The van der Waals surface area contributed by atoms with E-state index in [0.29, 0.717) is 21.3 Å². The number of carbonyl (C=O) groups excluding carboxylic acids is 2. The van der Waals surface area contributed by atoms with E-state index in [9.17, 15) is 14.7 Å². The van der Waals surface area contributed by atoms with Crippen LogP contribution in [0.1, 0.15) is 34.7 Å². The summed E-state index contributed by atoms with van der Waals surface area (Å²) >= 11 is 1.23. The van der Waals surface area contributed by atoms with Crippen LogP contribution in [0.25, 0.3) is 5.76 Å². The molecule has 1 amide bonds. The lowest BCUT2D eigenvalue weighted by Gasteiger charge is -2.22. The van der Waals surface area contributed by atoms with E-state index in [1.165, 1.54) is 16.2 Å². The topological polar surface area (TPSA) is 92.6 Å². The second kappa shape index (κ2) is 7.31. The van der Waals surface area contributed by atoms with Gasteiger partial charge < -0.3 is 9.84 Å². The molecule has 0 saturated carbocycles. The number of hydrogen-bond donors (Lipinski definition) is 1. The lowest BCUT2D eigenvalue weighted by molar-refractivity contribution is -0.132. The standard InChI is InChI=1S/C23H19N3O4S/c1-12-10-16-11-15(8-9-17(16)30-12)20(27)18-19(14-6-4-3-5-7-14)26(22(29)21(18)28)23-25-24-13(2)31-23/h3-9,11-12,19,27H,10H2,1-2H3/b20-18+/t12-,19+/m0/s1. The van der Waals surface area contributed by atoms with Gasteiger partial charge in [-0.25, -0.2) is 0 Å². The minimum Gasteiger partial charge on any atom is -0.507 e. The SMILES string of the molecule is Cc1nnc(N2C(=O)C(=O)/C(=C(/O)c3ccc4c(c3)C[C@H](C)O4)[C@H]2c2ccccc2)s1. The van der Waals surface area contributed by atoms with E-state index in [-0.39, 0.29) is 17.4 Å². The molecular weight excluding hydrogens is 414 g/mol. The Morgan fingerprint density at radius 2 is 1.94 bits per heavy atom. The van der Waals surface area contributed by atoms with Crippen LogP contribution in [0.15, 0.2) is 54.1 Å². The molecule has 3 heterocycles. The van der Waals surface area contributed by atoms with E-state index < -0.39 is 17.7 Å². The minimum atomic E-state index is -0.794. The van der Waals surface area contributed by atoms with Crippen LogP contribution in [0.4, 0.5) is 5.13 Å². The number of amides is 1. The van der Waals surface area contributed by atoms with Gasteiger partial charge in [0.1, 0.15) is 22.6 Å². The number of ketones is 1. The van der Waals surface area contributed by atoms with Gasteiger partial charge in [-0.15, -0.1) is 10.2 Å². The van der Waals surface area contributed by atoms with Crippen molar-refractivity contribution >= 4 is 33.9 Å². The molecular formula is C23H19N3O4S. The van der Waals surface area contributed by atoms with Crippen molar-refractivity contribution in [1.82, 2.24) is 10.2 Å². The highest BCUT2D eigenvalue weighted by Gasteiger charge is 2.48. The molecule has 156 valence electrons. The van der Waals surface area contributed by atoms with Gasteiger partial charge >= 0.3 is 5.91 Å². The fraction of sp³-hybridized carbons (Fsp3) is 0.217. The van der Waals surface area contributed by atoms with Crippen LogP contribution >= 0.6 is 11.3 Å². The maximum absolute atomic E-state index is 13.1. The fourth-order valence-electron chi connectivity index (χ4n) is 4.09. The molecule has 8 heteroatoms. The molecule has 0 unspecified atom stereocenters. The van der Waals surface area contributed by atoms with E-state index in [1.807, 2.05) is 43.3 Å². The summed E-state index contributed by atoms with van der Waals surface area (Å²) in [5, 5.41) is 20.3. The number of ether oxygens (including phenoxy) is 1. The second-order valence-corrected chi connectivity index (χ2v) is 8.80. The van der Waals surface area contributed by atoms with Crippen molar-refractivity contribution in [1.29, 1.82) is 0 Å². The quantitative estimate of drug-likeness (QED) is 0.384. The molecule has 3 aromatic rings. The molecule has 1 saturated heterocycles. The van der Waals surface area contributed by atoms with E-state index in [4.69, 9.17) is 4.74 Å². The summed E-state index contributed by atoms with van der Waals surface area (Å²) in [4.78, 5) is 27.5. The third kappa shape index (κ3) is 3.19. The lowest BCUT2D eigenvalue weighted by Crippen LogP contribution is -2.29. The van der Waals surface area contributed by atoms with E-state index in [1.54, 1.807) is 19.1 Å². The van der Waals surface area contributed by atoms with Crippen molar-refractivity contribution in [3.8, 4) is 5.75 Å². The largest absolute Gasteiger partial charge is 0.507 e. The normalized spacial score (nSPS) is 21.9. The Hall–Kier alpha value is -3.52. The molecule has 2 atom stereocenters. The summed E-state index contributed by atoms with van der Waals surface area (Å²) in [5.74, 6) is -0.916. The molecule has 2 aliphatic rings. The molecule has 0 aliphatic carbocycles. The molecule has 0 spiro atoms. The number of aryl methyl sites for hydroxylation is 1. The summed E-state index contributed by atoms with van der Waals surface area (Å²) in [6, 6.07) is 13.7. The summed E-state index contributed by atoms with van der Waals surface area (Å²) in [7, 11) is 0. The molecule has 0 bridgehead atoms. The summed E-state index contributed by atoms with van der Waals surface area (Å²) in [6.45, 7) is 3.76. The van der Waals surface area contributed by atoms with E-state index >= 15 is 0 Å². The van der Waals surface area contributed by atoms with Crippen molar-refractivity contribution < 1.29 is 19.4 Å². The van der Waals surface area contributed by atoms with Gasteiger partial charge in [0.15, 0.2) is 0 Å². The molecule has 2 aliphatic heterocycles. The van der Waals surface area contributed by atoms with Gasteiger partial charge in [0.25, 0.3) is 5.78 Å². The van der Waals surface area contributed by atoms with Gasteiger partial charge in [-0.1, -0.05) is 41.7 Å². The zero-order valence-corrected chi connectivity index (χ0v) is 17.7. The van der Waals surface area contributed by atoms with Crippen LogP contribution in [0.2, 0.25) is 0 Å². The number of benzene rings is 2. The number of aliphatic hydroxyl groups is 1. The summed E-state index contributed by atoms with van der Waals surface area (Å²) in [5.41, 5.74) is 2.18. The third-order valence-corrected chi connectivity index (χ3v) is 6.29. The molecule has 2 aromatic carbocycles. The predicted octanol–water partition coefficient (Wildman–Crippen LogP) is 3.80. The monoisotopic (exact) mass is 433 g/mol. The lowest BCUT2D eigenvalue weighted by atomic mass is 9.94. The third-order valence-electron chi connectivity index (χ3n) is 5.45. The average Bonchev–Trinajstić information content (AvgIpc) is 3.43. The Morgan fingerprint density at radius 1 is 1.16 bits per heavy atom. The number of anilines is 1. The Bertz CT molecular complexity index is 1230. The van der Waals surface area contributed by atoms with Gasteiger partial charge in [0.05, 0.1) is 11.6 Å². The first-order chi connectivity index (χ1) is 14.9. The highest BCUT2D eigenvalue weighted by atomic mass is 32.1. The number of aliphatic hydroxyl groups excluding tert-OH is 1. The molecule has 1 aromatic heterocycles. The predicted molar refractivity (Wildman–Crippen MR) is 116 cm³/mol. The number of hydrogen-bond acceptors (Lipinski definition) is 7. The molecule has 7 nitrogen and oxygen atoms in total. The van der Waals surface area contributed by atoms with Crippen molar-refractivity contribution in [3.63, 3.8) is 0 Å². The molecule has 31 heavy (non-hydrogen) atoms. The molecule has 1 N–H and O–H groups in total. The van der Waals surface area contributed by atoms with Gasteiger partial charge in [-0.2, -0.15) is 0 Å². The van der Waals surface area contributed by atoms with Gasteiger partial charge in [-0.3, -0.25) is 14.5 Å². The number of fused-ring (bicyclic) bond motifs is 1. The summed E-state index contributed by atoms with van der Waals surface area (Å²) < 4.78 is 5.73. The molecule has 0 radical (unpaired) electrons. The zero-order valence-electron chi connectivity index (χ0n) is 16.9. The van der Waals surface area contributed by atoms with Crippen molar-refractivity contribution in [2.24, 2.45) is 0 Å². The van der Waals surface area contributed by atoms with E-state index in [0.717, 1.165) is 17.7 Å². The number of nitrogens with zero attached hydrogens (tertiary/aromatic N) is 3. The number of rotatable bonds is 3. The van der Waals surface area contributed by atoms with Crippen molar-refractivity contribution in [3.05, 3.63) is 75.8 Å². The van der Waals surface area contributed by atoms with Crippen LogP contribution in [0.3, 0.4) is 0 Å². The number of carbonyl (C=O) groups is 2. The first-order valence-electron chi connectivity index (χ1n) is 9.90. The fourth-order valence-corrected chi connectivity index (χ4v) is 4.80. The second-order valence-electron chi connectivity index (χ2n) is 7.64. The van der Waals surface area contributed by atoms with Crippen molar-refractivity contribution in [2.45, 2.75) is 32.4 Å². The minimum absolute atomic E-state index is 0.0379. The first kappa shape index (κ1) is 19.4. The van der Waals surface area contributed by atoms with Gasteiger partial charge in [0.2, 0.25) is 5.13 Å². The van der Waals surface area contributed by atoms with Gasteiger partial charge in [0, 0.05) is 12.0 Å². The molecule has 5 rings (SSSR count). The van der Waals surface area contributed by atoms with Crippen LogP contribution in [0, 0.1) is 6.92 Å². The number of aromatic nitrogens is 2. The van der Waals surface area contributed by atoms with Crippen LogP contribution in [0.5, 0.6) is 5.75 Å². The van der Waals surface area contributed by atoms with Crippen molar-refractivity contribution in [2.75, 3.05) is 4.90 Å². The Kier molecular flexibility index (Phi) is 4.59. The Morgan fingerprint density at radius 3 is 2.65 bits per heavy atom. The first-order valence-corrected chi connectivity index (χ1v) is 10.7. The highest BCUT2D eigenvalue weighted by Crippen LogP contribution is 2.43. The molecule has 1 fully saturated rings. The van der Waals surface area contributed by atoms with Crippen LogP contribution in [-0.2, 0) is 16.0 Å². The van der Waals surface area contributed by atoms with Gasteiger partial charge in [-0.05, 0) is 43.2 Å². The average molecular weight is 433 g/mol. The summed E-state index contributed by atoms with van der Waals surface area (Å²) in [6.07, 6.45) is 0.777. The highest BCUT2D eigenvalue weighted by molar-refractivity contribution is 7.15. The van der Waals surface area contributed by atoms with Crippen LogP contribution in [-0.4, -0.2) is 33.1 Å². The Balaban J connectivity index is 1.68. The Labute approximate surface area is 182 Å². The maximum Gasteiger partial charge on any atom is 0.301 e. The van der Waals surface area contributed by atoms with Crippen LogP contribution < -0.4 is 9.64 Å². The van der Waals surface area contributed by atoms with E-state index in [2.05, 4.69) is 10.2 Å².